The molecule has 3 unspecified atom stereocenters. The average Bonchev–Trinajstić information content (AvgIpc) is 2.39. The third-order valence-corrected chi connectivity index (χ3v) is 6.13. The van der Waals surface area contributed by atoms with Crippen LogP contribution in [0.4, 0.5) is 0 Å². The summed E-state index contributed by atoms with van der Waals surface area (Å²) in [5.74, 6) is 2.25. The Morgan fingerprint density at radius 2 is 2.20 bits per heavy atom. The summed E-state index contributed by atoms with van der Waals surface area (Å²) in [7, 11) is 0. The quantitative estimate of drug-likeness (QED) is 0.754. The van der Waals surface area contributed by atoms with Gasteiger partial charge in [-0.25, -0.2) is 0 Å². The maximum Gasteiger partial charge on any atom is 0.0147 e. The van der Waals surface area contributed by atoms with Gasteiger partial charge in [0.1, 0.15) is 0 Å². The molecule has 0 radical (unpaired) electrons. The molecule has 0 aromatic rings. The molecule has 1 saturated carbocycles. The topological polar surface area (TPSA) is 15.3 Å². The van der Waals surface area contributed by atoms with Crippen molar-refractivity contribution in [3.63, 3.8) is 0 Å². The van der Waals surface area contributed by atoms with Crippen LogP contribution in [0.1, 0.15) is 52.9 Å². The first-order chi connectivity index (χ1) is 9.63. The van der Waals surface area contributed by atoms with Crippen LogP contribution in [-0.4, -0.2) is 48.6 Å². The number of rotatable bonds is 6. The van der Waals surface area contributed by atoms with Gasteiger partial charge < -0.3 is 10.2 Å². The van der Waals surface area contributed by atoms with Gasteiger partial charge in [-0.1, -0.05) is 33.6 Å². The smallest absolute Gasteiger partial charge is 0.0147 e. The molecule has 3 heteroatoms. The van der Waals surface area contributed by atoms with E-state index in [1.54, 1.807) is 0 Å². The normalized spacial score (nSPS) is 36.1. The lowest BCUT2D eigenvalue weighted by Gasteiger charge is -2.45. The van der Waals surface area contributed by atoms with Gasteiger partial charge in [-0.15, -0.1) is 0 Å². The van der Waals surface area contributed by atoms with Crippen LogP contribution in [0.5, 0.6) is 0 Å². The van der Waals surface area contributed by atoms with E-state index in [-0.39, 0.29) is 0 Å². The highest BCUT2D eigenvalue weighted by Gasteiger charge is 2.36. The van der Waals surface area contributed by atoms with E-state index in [0.29, 0.717) is 5.41 Å². The summed E-state index contributed by atoms with van der Waals surface area (Å²) in [5, 5.41) is 4.56. The molecule has 0 aromatic carbocycles. The minimum absolute atomic E-state index is 0.550. The predicted molar refractivity (Wildman–Crippen MR) is 91.6 cm³/mol. The molecule has 118 valence electrons. The Kier molecular flexibility index (Phi) is 6.70. The van der Waals surface area contributed by atoms with E-state index in [4.69, 9.17) is 0 Å². The maximum atomic E-state index is 3.74. The van der Waals surface area contributed by atoms with E-state index in [1.165, 1.54) is 70.6 Å². The molecule has 1 aliphatic carbocycles. The first-order valence-corrected chi connectivity index (χ1v) is 9.73. The lowest BCUT2D eigenvalue weighted by Crippen LogP contribution is -2.49. The van der Waals surface area contributed by atoms with E-state index in [9.17, 15) is 0 Å². The molecule has 1 N–H and O–H groups in total. The van der Waals surface area contributed by atoms with Crippen molar-refractivity contribution in [2.24, 2.45) is 11.3 Å². The van der Waals surface area contributed by atoms with Gasteiger partial charge in [0.25, 0.3) is 0 Å². The number of hydrogen-bond acceptors (Lipinski definition) is 3. The molecule has 0 amide bonds. The van der Waals surface area contributed by atoms with Crippen molar-refractivity contribution in [2.45, 2.75) is 58.1 Å². The van der Waals surface area contributed by atoms with Gasteiger partial charge in [0.05, 0.1) is 0 Å². The molecule has 1 saturated heterocycles. The van der Waals surface area contributed by atoms with Gasteiger partial charge in [-0.2, -0.15) is 11.8 Å². The Morgan fingerprint density at radius 1 is 1.35 bits per heavy atom. The zero-order valence-electron chi connectivity index (χ0n) is 13.8. The van der Waals surface area contributed by atoms with E-state index < -0.39 is 0 Å². The second-order valence-electron chi connectivity index (χ2n) is 7.29. The molecule has 2 aliphatic rings. The molecule has 3 atom stereocenters. The monoisotopic (exact) mass is 298 g/mol. The summed E-state index contributed by atoms with van der Waals surface area (Å²) in [6.07, 6.45) is 7.01. The van der Waals surface area contributed by atoms with Crippen molar-refractivity contribution in [1.82, 2.24) is 10.2 Å². The SMILES string of the molecule is CCCNCC1(CN2CCSC(C)C2)CCCC(C)C1. The standard InChI is InChI=1S/C17H34N2S/c1-4-8-18-13-17(7-5-6-15(2)11-17)14-19-9-10-20-16(3)12-19/h15-16,18H,4-14H2,1-3H3. The molecule has 2 rings (SSSR count). The Balaban J connectivity index is 1.94. The van der Waals surface area contributed by atoms with Crippen molar-refractivity contribution < 1.29 is 0 Å². The van der Waals surface area contributed by atoms with Crippen molar-refractivity contribution in [2.75, 3.05) is 38.5 Å². The van der Waals surface area contributed by atoms with E-state index in [2.05, 4.69) is 42.7 Å². The molecule has 0 aromatic heterocycles. The van der Waals surface area contributed by atoms with Crippen LogP contribution in [-0.2, 0) is 0 Å². The molecular weight excluding hydrogens is 264 g/mol. The van der Waals surface area contributed by atoms with Crippen LogP contribution < -0.4 is 5.32 Å². The third-order valence-electron chi connectivity index (χ3n) is 5.00. The number of hydrogen-bond donors (Lipinski definition) is 1. The second-order valence-corrected chi connectivity index (χ2v) is 8.84. The molecule has 1 aliphatic heterocycles. The summed E-state index contributed by atoms with van der Waals surface area (Å²) in [5.41, 5.74) is 0.550. The van der Waals surface area contributed by atoms with E-state index >= 15 is 0 Å². The number of nitrogens with one attached hydrogen (secondary N) is 1. The first-order valence-electron chi connectivity index (χ1n) is 8.68. The van der Waals surface area contributed by atoms with Crippen molar-refractivity contribution in [3.8, 4) is 0 Å². The average molecular weight is 299 g/mol. The van der Waals surface area contributed by atoms with Crippen molar-refractivity contribution in [1.29, 1.82) is 0 Å². The van der Waals surface area contributed by atoms with Gasteiger partial charge in [0.2, 0.25) is 0 Å². The molecule has 2 nitrogen and oxygen atoms in total. The van der Waals surface area contributed by atoms with Crippen LogP contribution in [0, 0.1) is 11.3 Å². The Morgan fingerprint density at radius 3 is 2.90 bits per heavy atom. The fraction of sp³-hybridized carbons (Fsp3) is 1.00. The highest BCUT2D eigenvalue weighted by atomic mass is 32.2. The van der Waals surface area contributed by atoms with Gasteiger partial charge in [-0.05, 0) is 37.1 Å². The summed E-state index contributed by atoms with van der Waals surface area (Å²) < 4.78 is 0. The molecule has 2 fully saturated rings. The largest absolute Gasteiger partial charge is 0.316 e. The fourth-order valence-electron chi connectivity index (χ4n) is 4.17. The molecule has 0 spiro atoms. The van der Waals surface area contributed by atoms with Crippen LogP contribution >= 0.6 is 11.8 Å². The summed E-state index contributed by atoms with van der Waals surface area (Å²) in [4.78, 5) is 2.76. The first kappa shape index (κ1) is 16.6. The summed E-state index contributed by atoms with van der Waals surface area (Å²) in [6, 6.07) is 0. The Bertz CT molecular complexity index is 284. The van der Waals surface area contributed by atoms with Crippen LogP contribution in [0.2, 0.25) is 0 Å². The molecule has 1 heterocycles. The summed E-state index contributed by atoms with van der Waals surface area (Å²) >= 11 is 2.15. The molecule has 20 heavy (non-hydrogen) atoms. The van der Waals surface area contributed by atoms with Crippen LogP contribution in [0.15, 0.2) is 0 Å². The zero-order valence-corrected chi connectivity index (χ0v) is 14.6. The third kappa shape index (κ3) is 4.92. The highest BCUT2D eigenvalue weighted by Crippen LogP contribution is 2.40. The lowest BCUT2D eigenvalue weighted by molar-refractivity contribution is 0.0821. The number of nitrogens with zero attached hydrogens (tertiary/aromatic N) is 1. The van der Waals surface area contributed by atoms with Crippen molar-refractivity contribution in [3.05, 3.63) is 0 Å². The predicted octanol–water partition coefficient (Wildman–Crippen LogP) is 3.62. The minimum atomic E-state index is 0.550. The molecular formula is C17H34N2S. The van der Waals surface area contributed by atoms with Crippen LogP contribution in [0.3, 0.4) is 0 Å². The lowest BCUT2D eigenvalue weighted by atomic mass is 9.69. The van der Waals surface area contributed by atoms with Gasteiger partial charge in [-0.3, -0.25) is 0 Å². The minimum Gasteiger partial charge on any atom is -0.316 e. The van der Waals surface area contributed by atoms with Crippen LogP contribution in [0.25, 0.3) is 0 Å². The van der Waals surface area contributed by atoms with Gasteiger partial charge in [0, 0.05) is 37.2 Å². The second kappa shape index (κ2) is 8.05. The summed E-state index contributed by atoms with van der Waals surface area (Å²) in [6.45, 7) is 13.5. The fourth-order valence-corrected chi connectivity index (χ4v) is 5.25. The van der Waals surface area contributed by atoms with Gasteiger partial charge >= 0.3 is 0 Å². The van der Waals surface area contributed by atoms with Gasteiger partial charge in [0.15, 0.2) is 0 Å². The molecule has 0 bridgehead atoms. The Hall–Kier alpha value is 0.270. The Labute approximate surface area is 130 Å². The maximum absolute atomic E-state index is 3.74. The number of thioether (sulfide) groups is 1. The highest BCUT2D eigenvalue weighted by molar-refractivity contribution is 7.99. The van der Waals surface area contributed by atoms with E-state index in [1.807, 2.05) is 0 Å². The van der Waals surface area contributed by atoms with E-state index in [0.717, 1.165) is 11.2 Å². The zero-order chi connectivity index (χ0) is 14.4. The van der Waals surface area contributed by atoms with Crippen molar-refractivity contribution >= 4 is 11.8 Å².